The summed E-state index contributed by atoms with van der Waals surface area (Å²) in [6.45, 7) is 12.8. The third kappa shape index (κ3) is 2.13. The predicted octanol–water partition coefficient (Wildman–Crippen LogP) is 3.27. The highest BCUT2D eigenvalue weighted by atomic mass is 16.8. The second-order valence-corrected chi connectivity index (χ2v) is 11.1. The fourth-order valence-corrected chi connectivity index (χ4v) is 7.62. The lowest BCUT2D eigenvalue weighted by Gasteiger charge is -2.49. The zero-order chi connectivity index (χ0) is 21.1. The Hall–Kier alpha value is -1.01. The number of carbonyl (C=O) groups excluding carboxylic acids is 1. The van der Waals surface area contributed by atoms with Crippen LogP contribution in [0.2, 0.25) is 0 Å². The molecule has 4 aliphatic carbocycles. The van der Waals surface area contributed by atoms with E-state index in [1.165, 1.54) is 0 Å². The summed E-state index contributed by atoms with van der Waals surface area (Å²) in [6.07, 6.45) is 3.67. The molecule has 0 amide bonds. The average molecular weight is 403 g/mol. The summed E-state index contributed by atoms with van der Waals surface area (Å²) in [6, 6.07) is 0. The van der Waals surface area contributed by atoms with Crippen LogP contribution < -0.4 is 0 Å². The maximum atomic E-state index is 14.4. The first-order valence-electron chi connectivity index (χ1n) is 10.9. The molecule has 3 fully saturated rings. The molecule has 5 nitrogen and oxygen atoms in total. The molecule has 1 N–H and O–H groups in total. The van der Waals surface area contributed by atoms with Crippen LogP contribution in [0.5, 0.6) is 0 Å². The highest BCUT2D eigenvalue weighted by Crippen LogP contribution is 2.73. The van der Waals surface area contributed by atoms with Crippen LogP contribution in [0.3, 0.4) is 0 Å². The van der Waals surface area contributed by atoms with Crippen LogP contribution in [0.4, 0.5) is 0 Å². The molecule has 0 aromatic carbocycles. The minimum Gasteiger partial charge on any atom is -0.385 e. The highest BCUT2D eigenvalue weighted by molar-refractivity contribution is 5.95. The summed E-state index contributed by atoms with van der Waals surface area (Å²) in [5.74, 6) is -0.0571. The lowest BCUT2D eigenvalue weighted by molar-refractivity contribution is -0.215. The molecule has 2 saturated carbocycles. The Balaban J connectivity index is 1.78. The molecule has 1 heterocycles. The normalized spacial score (nSPS) is 51.2. The Bertz CT molecular complexity index is 838. The van der Waals surface area contributed by atoms with Crippen molar-refractivity contribution in [3.05, 3.63) is 23.3 Å². The maximum absolute atomic E-state index is 14.4. The van der Waals surface area contributed by atoms with Gasteiger partial charge in [0.2, 0.25) is 0 Å². The van der Waals surface area contributed by atoms with Crippen molar-refractivity contribution >= 4 is 5.78 Å². The van der Waals surface area contributed by atoms with Gasteiger partial charge in [0, 0.05) is 13.0 Å². The van der Waals surface area contributed by atoms with Gasteiger partial charge >= 0.3 is 0 Å². The molecule has 0 unspecified atom stereocenters. The van der Waals surface area contributed by atoms with Crippen LogP contribution >= 0.6 is 0 Å². The molecule has 8 atom stereocenters. The molecule has 160 valence electrons. The molecule has 29 heavy (non-hydrogen) atoms. The van der Waals surface area contributed by atoms with Gasteiger partial charge in [-0.25, -0.2) is 0 Å². The number of rotatable bonds is 2. The summed E-state index contributed by atoms with van der Waals surface area (Å²) >= 11 is 0. The second kappa shape index (κ2) is 5.61. The summed E-state index contributed by atoms with van der Waals surface area (Å²) in [5, 5.41) is 11.8. The molecule has 5 aliphatic rings. The smallest absolute Gasteiger partial charge is 0.164 e. The fraction of sp³-hybridized carbons (Fsp3) is 0.792. The largest absolute Gasteiger partial charge is 0.385 e. The Labute approximate surface area is 173 Å². The van der Waals surface area contributed by atoms with E-state index in [1.54, 1.807) is 7.11 Å². The van der Waals surface area contributed by atoms with Crippen LogP contribution in [-0.2, 0) is 19.0 Å². The van der Waals surface area contributed by atoms with E-state index < -0.39 is 29.0 Å². The highest BCUT2D eigenvalue weighted by Gasteiger charge is 2.79. The van der Waals surface area contributed by atoms with Crippen molar-refractivity contribution in [1.29, 1.82) is 0 Å². The number of aliphatic hydroxyl groups is 1. The van der Waals surface area contributed by atoms with Gasteiger partial charge in [-0.15, -0.1) is 0 Å². The Morgan fingerprint density at radius 1 is 1.28 bits per heavy atom. The number of fused-ring (bicyclic) bond motifs is 3. The first-order chi connectivity index (χ1) is 13.4. The monoisotopic (exact) mass is 402 g/mol. The summed E-state index contributed by atoms with van der Waals surface area (Å²) in [5.41, 5.74) is -0.164. The van der Waals surface area contributed by atoms with Gasteiger partial charge in [-0.3, -0.25) is 4.79 Å². The predicted molar refractivity (Wildman–Crippen MR) is 108 cm³/mol. The minimum atomic E-state index is -1.14. The van der Waals surface area contributed by atoms with E-state index in [4.69, 9.17) is 14.2 Å². The van der Waals surface area contributed by atoms with Crippen LogP contribution in [0.25, 0.3) is 0 Å². The summed E-state index contributed by atoms with van der Waals surface area (Å²) in [7, 11) is 1.63. The zero-order valence-corrected chi connectivity index (χ0v) is 18.6. The van der Waals surface area contributed by atoms with E-state index >= 15 is 0 Å². The Kier molecular flexibility index (Phi) is 3.86. The van der Waals surface area contributed by atoms with Crippen LogP contribution in [0, 0.1) is 34.5 Å². The van der Waals surface area contributed by atoms with E-state index in [2.05, 4.69) is 26.8 Å². The van der Waals surface area contributed by atoms with Gasteiger partial charge in [0.15, 0.2) is 11.6 Å². The number of Topliss-reactive ketones (excluding diaryl/α,β-unsaturated/α-hetero) is 1. The first kappa shape index (κ1) is 19.9. The molecule has 5 heteroatoms. The van der Waals surface area contributed by atoms with Gasteiger partial charge in [-0.1, -0.05) is 32.9 Å². The number of methoxy groups -OCH3 is 1. The third-order valence-electron chi connectivity index (χ3n) is 8.80. The van der Waals surface area contributed by atoms with Gasteiger partial charge in [0.1, 0.15) is 17.8 Å². The number of carbonyl (C=O) groups is 1. The lowest BCUT2D eigenvalue weighted by Crippen LogP contribution is -2.64. The van der Waals surface area contributed by atoms with E-state index in [-0.39, 0.29) is 29.6 Å². The average Bonchev–Trinajstić information content (AvgIpc) is 2.94. The van der Waals surface area contributed by atoms with Crippen molar-refractivity contribution in [2.24, 2.45) is 34.5 Å². The number of hydrogen-bond donors (Lipinski definition) is 1. The van der Waals surface area contributed by atoms with E-state index in [1.807, 2.05) is 26.8 Å². The van der Waals surface area contributed by atoms with E-state index in [9.17, 15) is 9.90 Å². The lowest BCUT2D eigenvalue weighted by atomic mass is 9.59. The van der Waals surface area contributed by atoms with Gasteiger partial charge in [-0.05, 0) is 61.5 Å². The topological polar surface area (TPSA) is 65.0 Å². The van der Waals surface area contributed by atoms with E-state index in [0.29, 0.717) is 11.8 Å². The Morgan fingerprint density at radius 3 is 2.62 bits per heavy atom. The molecule has 2 bridgehead atoms. The van der Waals surface area contributed by atoms with Crippen LogP contribution in [0.15, 0.2) is 23.3 Å². The quantitative estimate of drug-likeness (QED) is 0.718. The van der Waals surface area contributed by atoms with E-state index in [0.717, 1.165) is 17.6 Å². The van der Waals surface area contributed by atoms with Crippen molar-refractivity contribution < 1.29 is 24.1 Å². The third-order valence-corrected chi connectivity index (χ3v) is 8.80. The number of ether oxygens (including phenoxy) is 3. The first-order valence-corrected chi connectivity index (χ1v) is 10.9. The molecular weight excluding hydrogens is 368 g/mol. The van der Waals surface area contributed by atoms with Gasteiger partial charge < -0.3 is 19.3 Å². The van der Waals surface area contributed by atoms with Crippen molar-refractivity contribution in [3.8, 4) is 0 Å². The number of ketones is 1. The summed E-state index contributed by atoms with van der Waals surface area (Å²) < 4.78 is 18.4. The molecule has 1 saturated heterocycles. The SMILES string of the molecule is COCC1=C[C@@H]2C(=O)[C@@]3(C=C(C)[C@@H]4OC(C)(C)O[C@@]43[C@@H]1O)[C@H](C)C[C@@H]1[C@H]2C1(C)C. The zero-order valence-electron chi connectivity index (χ0n) is 18.6. The van der Waals surface area contributed by atoms with Crippen molar-refractivity contribution in [2.45, 2.75) is 71.6 Å². The minimum absolute atomic E-state index is 0.0525. The van der Waals surface area contributed by atoms with Gasteiger partial charge in [0.05, 0.1) is 12.0 Å². The maximum Gasteiger partial charge on any atom is 0.164 e. The molecule has 1 aliphatic heterocycles. The molecule has 2 spiro atoms. The molecule has 0 aromatic heterocycles. The van der Waals surface area contributed by atoms with Crippen molar-refractivity contribution in [3.63, 3.8) is 0 Å². The molecular formula is C24H34O5. The fourth-order valence-electron chi connectivity index (χ4n) is 7.62. The summed E-state index contributed by atoms with van der Waals surface area (Å²) in [4.78, 5) is 14.4. The van der Waals surface area contributed by atoms with Crippen molar-refractivity contribution in [2.75, 3.05) is 13.7 Å². The van der Waals surface area contributed by atoms with Gasteiger partial charge in [0.25, 0.3) is 0 Å². The number of aliphatic hydroxyl groups excluding tert-OH is 1. The Morgan fingerprint density at radius 2 is 1.97 bits per heavy atom. The molecule has 5 rings (SSSR count). The molecule has 0 radical (unpaired) electrons. The standard InChI is InChI=1S/C24H34O5/c1-12-10-23-13(2)8-16-17(21(16,3)4)15(19(23)26)9-14(11-27-7)18(25)24(23)20(12)28-22(5,6)29-24/h9-10,13,15-18,20,25H,8,11H2,1-7H3/t13-,15+,16-,17+,18-,20+,23-,24+/m1/s1. The second-order valence-electron chi connectivity index (χ2n) is 11.1. The van der Waals surface area contributed by atoms with Crippen molar-refractivity contribution in [1.82, 2.24) is 0 Å². The number of allylic oxidation sites excluding steroid dienone is 1. The van der Waals surface area contributed by atoms with Gasteiger partial charge in [-0.2, -0.15) is 0 Å². The van der Waals surface area contributed by atoms with Crippen LogP contribution in [0.1, 0.15) is 48.0 Å². The van der Waals surface area contributed by atoms with Crippen LogP contribution in [-0.4, -0.2) is 48.2 Å². The molecule has 0 aromatic rings. The number of hydrogen-bond acceptors (Lipinski definition) is 5.